The second-order valence-corrected chi connectivity index (χ2v) is 22.5. The van der Waals surface area contributed by atoms with Crippen LogP contribution < -0.4 is 11.1 Å². The third-order valence-electron chi connectivity index (χ3n) is 15.9. The first-order chi connectivity index (χ1) is 35.5. The summed E-state index contributed by atoms with van der Waals surface area (Å²) in [6, 6.07) is 0. The summed E-state index contributed by atoms with van der Waals surface area (Å²) in [5.41, 5.74) is 7.68. The van der Waals surface area contributed by atoms with Gasteiger partial charge in [0.1, 0.15) is 0 Å². The number of hydrogen-bond acceptors (Lipinski definition) is 15. The van der Waals surface area contributed by atoms with Crippen molar-refractivity contribution in [3.05, 3.63) is 11.6 Å². The Labute approximate surface area is 445 Å². The zero-order valence-electron chi connectivity index (χ0n) is 46.2. The van der Waals surface area contributed by atoms with Crippen LogP contribution in [0, 0.1) is 46.3 Å². The van der Waals surface area contributed by atoms with E-state index in [1.165, 1.54) is 76.0 Å². The number of hydrogen-bond donors (Lipinski definition) is 2. The van der Waals surface area contributed by atoms with Crippen LogP contribution in [0.3, 0.4) is 0 Å². The molecule has 0 heterocycles. The Kier molecular flexibility index (Phi) is 34.2. The number of thioether (sulfide) groups is 1. The third-order valence-corrected chi connectivity index (χ3v) is 16.8. The molecular weight excluding hydrogens is 957 g/mol. The Bertz CT molecular complexity index is 1470. The quantitative estimate of drug-likeness (QED) is 0.0457. The van der Waals surface area contributed by atoms with E-state index in [0.29, 0.717) is 187 Å². The first-order valence-electron chi connectivity index (χ1n) is 28.3. The lowest BCUT2D eigenvalue weighted by Crippen LogP contribution is -2.51. The van der Waals surface area contributed by atoms with Crippen molar-refractivity contribution in [2.75, 3.05) is 170 Å². The van der Waals surface area contributed by atoms with E-state index < -0.39 is 0 Å². The Balaban J connectivity index is 0.814. The molecule has 8 atom stereocenters. The summed E-state index contributed by atoms with van der Waals surface area (Å²) >= 11 is 1.37. The van der Waals surface area contributed by atoms with Crippen molar-refractivity contribution in [2.45, 2.75) is 118 Å². The Hall–Kier alpha value is -1.45. The molecule has 8 unspecified atom stereocenters. The molecule has 4 rings (SSSR count). The third kappa shape index (κ3) is 25.7. The molecule has 0 saturated heterocycles. The Morgan fingerprint density at radius 2 is 1.10 bits per heavy atom. The highest BCUT2D eigenvalue weighted by molar-refractivity contribution is 7.99. The summed E-state index contributed by atoms with van der Waals surface area (Å²) in [5.74, 6) is 5.64. The monoisotopic (exact) mass is 1060 g/mol. The molecule has 2 amide bonds. The summed E-state index contributed by atoms with van der Waals surface area (Å²) in [6.07, 6.45) is 18.1. The second-order valence-electron chi connectivity index (χ2n) is 21.4. The fourth-order valence-electron chi connectivity index (χ4n) is 12.0. The van der Waals surface area contributed by atoms with E-state index in [4.69, 9.17) is 62.6 Å². The molecule has 0 aliphatic heterocycles. The standard InChI is InChI=1S/C56H102N2O14S/c1-45(2)7-6-8-46(3)50-11-12-51-49-10-9-47-43-48(13-16-55(47,4)52(49)14-17-56(50,51)5)72-41-40-71-39-38-70-37-36-69-35-34-68-33-32-67-31-30-66-29-28-65-27-26-64-25-24-63-23-22-62-21-20-61-19-18-58-54(60)44-73-42-15-53(57)59/h9,45-46,48-52H,6-8,10-44H2,1-5H3,(H2,57,59)(H,58,60). The number of ether oxygens (including phenoxy) is 12. The van der Waals surface area contributed by atoms with Crippen molar-refractivity contribution in [3.63, 3.8) is 0 Å². The van der Waals surface area contributed by atoms with Crippen LogP contribution in [0.1, 0.15) is 112 Å². The van der Waals surface area contributed by atoms with Crippen LogP contribution in [0.5, 0.6) is 0 Å². The first kappa shape index (κ1) is 64.1. The molecule has 0 aromatic heterocycles. The number of carbonyl (C=O) groups excluding carboxylic acids is 2. The lowest BCUT2D eigenvalue weighted by molar-refractivity contribution is -0.119. The lowest BCUT2D eigenvalue weighted by Gasteiger charge is -2.58. The van der Waals surface area contributed by atoms with Gasteiger partial charge in [0.15, 0.2) is 0 Å². The van der Waals surface area contributed by atoms with Gasteiger partial charge in [-0.05, 0) is 97.7 Å². The molecule has 0 aromatic carbocycles. The van der Waals surface area contributed by atoms with Crippen LogP contribution >= 0.6 is 11.8 Å². The van der Waals surface area contributed by atoms with Crippen LogP contribution in [0.2, 0.25) is 0 Å². The average Bonchev–Trinajstić information content (AvgIpc) is 3.73. The lowest BCUT2D eigenvalue weighted by atomic mass is 9.47. The molecule has 0 radical (unpaired) electrons. The minimum atomic E-state index is -0.362. The maximum Gasteiger partial charge on any atom is 0.230 e. The molecule has 17 heteroatoms. The maximum absolute atomic E-state index is 11.7. The number of nitrogens with two attached hydrogens (primary N) is 1. The van der Waals surface area contributed by atoms with Gasteiger partial charge < -0.3 is 67.9 Å². The van der Waals surface area contributed by atoms with Gasteiger partial charge in [0, 0.05) is 18.7 Å². The summed E-state index contributed by atoms with van der Waals surface area (Å²) in [6.45, 7) is 24.6. The van der Waals surface area contributed by atoms with Crippen molar-refractivity contribution in [2.24, 2.45) is 52.1 Å². The minimum absolute atomic E-state index is 0.0921. The Morgan fingerprint density at radius 1 is 0.616 bits per heavy atom. The topological polar surface area (TPSA) is 183 Å². The number of amides is 2. The van der Waals surface area contributed by atoms with E-state index in [1.807, 2.05) is 0 Å². The van der Waals surface area contributed by atoms with Crippen molar-refractivity contribution in [1.29, 1.82) is 0 Å². The highest BCUT2D eigenvalue weighted by Crippen LogP contribution is 2.67. The normalized spacial score (nSPS) is 25.1. The number of fused-ring (bicyclic) bond motifs is 5. The van der Waals surface area contributed by atoms with Gasteiger partial charge in [0.25, 0.3) is 0 Å². The predicted molar refractivity (Wildman–Crippen MR) is 286 cm³/mol. The largest absolute Gasteiger partial charge is 0.377 e. The number of carbonyl (C=O) groups is 2. The van der Waals surface area contributed by atoms with Gasteiger partial charge in [0.2, 0.25) is 11.8 Å². The van der Waals surface area contributed by atoms with Gasteiger partial charge in [-0.2, -0.15) is 11.8 Å². The van der Waals surface area contributed by atoms with Crippen molar-refractivity contribution < 1.29 is 66.4 Å². The molecule has 3 saturated carbocycles. The molecule has 3 fully saturated rings. The second kappa shape index (κ2) is 39.0. The predicted octanol–water partition coefficient (Wildman–Crippen LogP) is 7.32. The van der Waals surface area contributed by atoms with Gasteiger partial charge >= 0.3 is 0 Å². The Morgan fingerprint density at radius 3 is 1.58 bits per heavy atom. The fourth-order valence-corrected chi connectivity index (χ4v) is 12.8. The van der Waals surface area contributed by atoms with Gasteiger partial charge in [-0.15, -0.1) is 0 Å². The molecule has 0 bridgehead atoms. The van der Waals surface area contributed by atoms with E-state index in [9.17, 15) is 9.59 Å². The average molecular weight is 1060 g/mol. The SMILES string of the molecule is CC(C)CCCC(C)C1CCC2C3CC=C4CC(OCCOCCOCCOCCOCCOCCOCCOCCOCCOCCOCCOCCNC(=O)CSCCC(N)=O)CCC4(C)C3CCC12C. The van der Waals surface area contributed by atoms with Gasteiger partial charge in [0.05, 0.1) is 164 Å². The van der Waals surface area contributed by atoms with E-state index in [2.05, 4.69) is 46.0 Å². The van der Waals surface area contributed by atoms with Gasteiger partial charge in [-0.1, -0.05) is 65.5 Å². The van der Waals surface area contributed by atoms with Gasteiger partial charge in [-0.25, -0.2) is 0 Å². The number of allylic oxidation sites excluding steroid dienone is 1. The fraction of sp³-hybridized carbons (Fsp3) is 0.929. The molecule has 4 aliphatic rings. The molecule has 0 spiro atoms. The van der Waals surface area contributed by atoms with Crippen molar-refractivity contribution in [3.8, 4) is 0 Å². The highest BCUT2D eigenvalue weighted by Gasteiger charge is 2.59. The molecule has 16 nitrogen and oxygen atoms in total. The molecule has 0 aromatic rings. The maximum atomic E-state index is 11.7. The number of primary amides is 1. The molecule has 3 N–H and O–H groups in total. The van der Waals surface area contributed by atoms with Gasteiger partial charge in [-0.3, -0.25) is 9.59 Å². The van der Waals surface area contributed by atoms with E-state index in [0.717, 1.165) is 41.9 Å². The van der Waals surface area contributed by atoms with E-state index in [1.54, 1.807) is 5.57 Å². The van der Waals surface area contributed by atoms with Crippen molar-refractivity contribution in [1.82, 2.24) is 5.32 Å². The van der Waals surface area contributed by atoms with E-state index in [-0.39, 0.29) is 18.2 Å². The number of nitrogens with one attached hydrogen (secondary N) is 1. The van der Waals surface area contributed by atoms with E-state index >= 15 is 0 Å². The molecule has 4 aliphatic carbocycles. The summed E-state index contributed by atoms with van der Waals surface area (Å²) < 4.78 is 67.7. The molecule has 426 valence electrons. The summed E-state index contributed by atoms with van der Waals surface area (Å²) in [7, 11) is 0. The zero-order valence-corrected chi connectivity index (χ0v) is 47.0. The minimum Gasteiger partial charge on any atom is -0.377 e. The van der Waals surface area contributed by atoms with Crippen LogP contribution in [-0.4, -0.2) is 188 Å². The van der Waals surface area contributed by atoms with Crippen LogP contribution in [0.25, 0.3) is 0 Å². The first-order valence-corrected chi connectivity index (χ1v) is 29.5. The highest BCUT2D eigenvalue weighted by atomic mass is 32.2. The zero-order chi connectivity index (χ0) is 52.3. The van der Waals surface area contributed by atoms with Crippen LogP contribution in [0.15, 0.2) is 11.6 Å². The number of rotatable bonds is 47. The smallest absolute Gasteiger partial charge is 0.230 e. The summed E-state index contributed by atoms with van der Waals surface area (Å²) in [5, 5.41) is 2.76. The molecule has 73 heavy (non-hydrogen) atoms. The van der Waals surface area contributed by atoms with Crippen LogP contribution in [0.4, 0.5) is 0 Å². The molecular formula is C56H102N2O14S. The van der Waals surface area contributed by atoms with Crippen LogP contribution in [-0.2, 0) is 66.4 Å². The van der Waals surface area contributed by atoms with Crippen molar-refractivity contribution >= 4 is 23.6 Å². The summed E-state index contributed by atoms with van der Waals surface area (Å²) in [4.78, 5) is 22.3.